The lowest BCUT2D eigenvalue weighted by atomic mass is 10.0. The molecule has 0 bridgehead atoms. The lowest BCUT2D eigenvalue weighted by Gasteiger charge is -2.04. The van der Waals surface area contributed by atoms with E-state index >= 15 is 0 Å². The Bertz CT molecular complexity index is 638. The van der Waals surface area contributed by atoms with Crippen LogP contribution in [0.1, 0.15) is 0 Å². The fraction of sp³-hybridized carbons (Fsp3) is 0. The molecule has 1 N–H and O–H groups in total. The van der Waals surface area contributed by atoms with Gasteiger partial charge in [0.25, 0.3) is 0 Å². The first kappa shape index (κ1) is 11.5. The Hall–Kier alpha value is -1.55. The standard InChI is InChI=1S/C16H12IN/c17-15-10-11-18-16(15)14-8-6-13(7-9-14)12-4-2-1-3-5-12/h1-11,18H. The van der Waals surface area contributed by atoms with E-state index in [1.54, 1.807) is 0 Å². The van der Waals surface area contributed by atoms with E-state index in [0.29, 0.717) is 0 Å². The Balaban J connectivity index is 1.97. The van der Waals surface area contributed by atoms with Crippen LogP contribution in [-0.4, -0.2) is 4.98 Å². The van der Waals surface area contributed by atoms with Gasteiger partial charge in [-0.2, -0.15) is 0 Å². The summed E-state index contributed by atoms with van der Waals surface area (Å²) >= 11 is 2.35. The summed E-state index contributed by atoms with van der Waals surface area (Å²) in [6.45, 7) is 0. The summed E-state index contributed by atoms with van der Waals surface area (Å²) in [5, 5.41) is 0. The maximum atomic E-state index is 3.27. The molecule has 2 heteroatoms. The third-order valence-corrected chi connectivity index (χ3v) is 3.88. The summed E-state index contributed by atoms with van der Waals surface area (Å²) in [6.07, 6.45) is 1.97. The Kier molecular flexibility index (Phi) is 3.19. The molecule has 2 aromatic carbocycles. The molecular weight excluding hydrogens is 333 g/mol. The third-order valence-electron chi connectivity index (χ3n) is 2.98. The second kappa shape index (κ2) is 4.98. The molecule has 3 rings (SSSR count). The van der Waals surface area contributed by atoms with Crippen molar-refractivity contribution in [1.82, 2.24) is 4.98 Å². The van der Waals surface area contributed by atoms with Crippen LogP contribution in [0.4, 0.5) is 0 Å². The van der Waals surface area contributed by atoms with Crippen LogP contribution in [0.5, 0.6) is 0 Å². The van der Waals surface area contributed by atoms with Crippen molar-refractivity contribution in [2.75, 3.05) is 0 Å². The van der Waals surface area contributed by atoms with Gasteiger partial charge in [0, 0.05) is 9.77 Å². The molecule has 0 unspecified atom stereocenters. The predicted molar refractivity (Wildman–Crippen MR) is 84.4 cm³/mol. The third kappa shape index (κ3) is 2.20. The van der Waals surface area contributed by atoms with E-state index < -0.39 is 0 Å². The summed E-state index contributed by atoms with van der Waals surface area (Å²) in [5.74, 6) is 0. The monoisotopic (exact) mass is 345 g/mol. The van der Waals surface area contributed by atoms with Gasteiger partial charge in [-0.1, -0.05) is 54.6 Å². The van der Waals surface area contributed by atoms with Crippen LogP contribution in [0.3, 0.4) is 0 Å². The van der Waals surface area contributed by atoms with Gasteiger partial charge in [-0.15, -0.1) is 0 Å². The van der Waals surface area contributed by atoms with Crippen molar-refractivity contribution < 1.29 is 0 Å². The van der Waals surface area contributed by atoms with Crippen LogP contribution in [0.15, 0.2) is 66.9 Å². The van der Waals surface area contributed by atoms with Crippen LogP contribution in [0.2, 0.25) is 0 Å². The van der Waals surface area contributed by atoms with E-state index in [1.165, 1.54) is 26.0 Å². The zero-order valence-electron chi connectivity index (χ0n) is 9.73. The van der Waals surface area contributed by atoms with Crippen LogP contribution in [-0.2, 0) is 0 Å². The zero-order chi connectivity index (χ0) is 12.4. The average molecular weight is 345 g/mol. The number of H-pyrrole nitrogens is 1. The minimum atomic E-state index is 1.19. The van der Waals surface area contributed by atoms with E-state index in [9.17, 15) is 0 Å². The number of hydrogen-bond acceptors (Lipinski definition) is 0. The van der Waals surface area contributed by atoms with E-state index in [4.69, 9.17) is 0 Å². The van der Waals surface area contributed by atoms with Gasteiger partial charge < -0.3 is 4.98 Å². The molecule has 0 saturated carbocycles. The largest absolute Gasteiger partial charge is 0.360 e. The Morgan fingerprint density at radius 3 is 1.89 bits per heavy atom. The van der Waals surface area contributed by atoms with Crippen LogP contribution in [0.25, 0.3) is 22.4 Å². The number of rotatable bonds is 2. The molecule has 88 valence electrons. The van der Waals surface area contributed by atoms with Crippen LogP contribution < -0.4 is 0 Å². The number of hydrogen-bond donors (Lipinski definition) is 1. The smallest absolute Gasteiger partial charge is 0.0589 e. The van der Waals surface area contributed by atoms with E-state index in [1.807, 2.05) is 12.3 Å². The summed E-state index contributed by atoms with van der Waals surface area (Å²) in [7, 11) is 0. The molecule has 0 radical (unpaired) electrons. The summed E-state index contributed by atoms with van der Waals surface area (Å²) in [5.41, 5.74) is 4.92. The molecule has 0 saturated heterocycles. The molecule has 0 aliphatic rings. The molecule has 0 amide bonds. The van der Waals surface area contributed by atoms with Crippen molar-refractivity contribution in [2.24, 2.45) is 0 Å². The summed E-state index contributed by atoms with van der Waals surface area (Å²) in [6, 6.07) is 21.2. The van der Waals surface area contributed by atoms with E-state index in [-0.39, 0.29) is 0 Å². The molecule has 0 atom stereocenters. The number of nitrogens with one attached hydrogen (secondary N) is 1. The highest BCUT2D eigenvalue weighted by atomic mass is 127. The van der Waals surface area contributed by atoms with Crippen molar-refractivity contribution in [3.05, 3.63) is 70.4 Å². The minimum absolute atomic E-state index is 1.19. The van der Waals surface area contributed by atoms with Crippen LogP contribution >= 0.6 is 22.6 Å². The highest BCUT2D eigenvalue weighted by molar-refractivity contribution is 14.1. The zero-order valence-corrected chi connectivity index (χ0v) is 11.9. The molecule has 0 fully saturated rings. The summed E-state index contributed by atoms with van der Waals surface area (Å²) < 4.78 is 1.25. The normalized spacial score (nSPS) is 10.5. The van der Waals surface area contributed by atoms with Gasteiger partial charge in [-0.25, -0.2) is 0 Å². The average Bonchev–Trinajstić information content (AvgIpc) is 2.86. The molecule has 0 spiro atoms. The van der Waals surface area contributed by atoms with Gasteiger partial charge in [0.2, 0.25) is 0 Å². The Morgan fingerprint density at radius 2 is 1.28 bits per heavy atom. The number of halogens is 1. The van der Waals surface area contributed by atoms with Crippen molar-refractivity contribution in [3.63, 3.8) is 0 Å². The van der Waals surface area contributed by atoms with Gasteiger partial charge >= 0.3 is 0 Å². The topological polar surface area (TPSA) is 15.8 Å². The van der Waals surface area contributed by atoms with E-state index in [0.717, 1.165) is 0 Å². The molecule has 0 aliphatic carbocycles. The Morgan fingerprint density at radius 1 is 0.667 bits per heavy atom. The highest BCUT2D eigenvalue weighted by Gasteiger charge is 2.04. The quantitative estimate of drug-likeness (QED) is 0.633. The fourth-order valence-corrected chi connectivity index (χ4v) is 2.68. The van der Waals surface area contributed by atoms with Crippen molar-refractivity contribution in [2.45, 2.75) is 0 Å². The van der Waals surface area contributed by atoms with Crippen molar-refractivity contribution in [3.8, 4) is 22.4 Å². The molecule has 0 aliphatic heterocycles. The predicted octanol–water partition coefficient (Wildman–Crippen LogP) is 4.95. The second-order valence-corrected chi connectivity index (χ2v) is 5.31. The van der Waals surface area contributed by atoms with Gasteiger partial charge in [0.1, 0.15) is 0 Å². The van der Waals surface area contributed by atoms with Gasteiger partial charge in [0.15, 0.2) is 0 Å². The first-order valence-corrected chi connectivity index (χ1v) is 6.91. The lowest BCUT2D eigenvalue weighted by molar-refractivity contribution is 1.40. The molecule has 1 heterocycles. The molecule has 3 aromatic rings. The van der Waals surface area contributed by atoms with Gasteiger partial charge in [0.05, 0.1) is 5.69 Å². The number of benzene rings is 2. The lowest BCUT2D eigenvalue weighted by Crippen LogP contribution is -1.81. The summed E-state index contributed by atoms with van der Waals surface area (Å²) in [4.78, 5) is 3.27. The Labute approximate surface area is 120 Å². The highest BCUT2D eigenvalue weighted by Crippen LogP contribution is 2.26. The molecular formula is C16H12IN. The van der Waals surface area contributed by atoms with Crippen molar-refractivity contribution >= 4 is 22.6 Å². The SMILES string of the molecule is Ic1cc[nH]c1-c1ccc(-c2ccccc2)cc1. The van der Waals surface area contributed by atoms with Gasteiger partial charge in [-0.3, -0.25) is 0 Å². The molecule has 1 aromatic heterocycles. The van der Waals surface area contributed by atoms with Crippen molar-refractivity contribution in [1.29, 1.82) is 0 Å². The molecule has 18 heavy (non-hydrogen) atoms. The maximum absolute atomic E-state index is 3.27. The van der Waals surface area contributed by atoms with Gasteiger partial charge in [-0.05, 0) is 45.3 Å². The number of aromatic amines is 1. The fourth-order valence-electron chi connectivity index (χ4n) is 2.03. The van der Waals surface area contributed by atoms with Crippen LogP contribution in [0, 0.1) is 3.57 Å². The molecule has 1 nitrogen and oxygen atoms in total. The first-order chi connectivity index (χ1) is 8.84. The maximum Gasteiger partial charge on any atom is 0.0589 e. The minimum Gasteiger partial charge on any atom is -0.360 e. The first-order valence-electron chi connectivity index (χ1n) is 5.83. The number of aromatic nitrogens is 1. The second-order valence-electron chi connectivity index (χ2n) is 4.14. The van der Waals surface area contributed by atoms with E-state index in [2.05, 4.69) is 82.2 Å².